The lowest BCUT2D eigenvalue weighted by Gasteiger charge is -2.15. The average Bonchev–Trinajstić information content (AvgIpc) is 2.75. The number of rotatable bonds is 2. The summed E-state index contributed by atoms with van der Waals surface area (Å²) in [5, 5.41) is 3.89. The van der Waals surface area contributed by atoms with E-state index in [0.29, 0.717) is 17.4 Å². The molecule has 0 saturated carbocycles. The molecule has 0 spiro atoms. The summed E-state index contributed by atoms with van der Waals surface area (Å²) in [7, 11) is 0. The van der Waals surface area contributed by atoms with Gasteiger partial charge in [0.25, 0.3) is 0 Å². The summed E-state index contributed by atoms with van der Waals surface area (Å²) in [4.78, 5) is 6.40. The first-order chi connectivity index (χ1) is 9.34. The zero-order chi connectivity index (χ0) is 13.1. The second-order valence-corrected chi connectivity index (χ2v) is 4.78. The molecule has 5 heteroatoms. The molecule has 2 heterocycles. The molecular formula is C14H16FN3O. The lowest BCUT2D eigenvalue weighted by molar-refractivity contribution is 0.414. The molecule has 1 aliphatic rings. The van der Waals surface area contributed by atoms with Gasteiger partial charge < -0.3 is 9.42 Å². The van der Waals surface area contributed by atoms with E-state index in [0.717, 1.165) is 25.9 Å². The molecule has 3 rings (SSSR count). The minimum Gasteiger partial charge on any atom is -0.324 e. The Hall–Kier alpha value is -1.91. The molecule has 1 aromatic carbocycles. The van der Waals surface area contributed by atoms with Crippen LogP contribution in [0.3, 0.4) is 0 Å². The Morgan fingerprint density at radius 2 is 1.79 bits per heavy atom. The van der Waals surface area contributed by atoms with Gasteiger partial charge in [-0.1, -0.05) is 30.1 Å². The van der Waals surface area contributed by atoms with E-state index in [1.54, 1.807) is 18.2 Å². The Labute approximate surface area is 111 Å². The Kier molecular flexibility index (Phi) is 3.44. The van der Waals surface area contributed by atoms with Crippen molar-refractivity contribution in [2.24, 2.45) is 0 Å². The van der Waals surface area contributed by atoms with Crippen LogP contribution < -0.4 is 4.90 Å². The predicted octanol–water partition coefficient (Wildman–Crippen LogP) is 3.26. The second-order valence-electron chi connectivity index (χ2n) is 4.78. The van der Waals surface area contributed by atoms with Crippen molar-refractivity contribution in [3.63, 3.8) is 0 Å². The van der Waals surface area contributed by atoms with E-state index in [2.05, 4.69) is 15.0 Å². The van der Waals surface area contributed by atoms with E-state index in [1.807, 2.05) is 0 Å². The maximum absolute atomic E-state index is 13.7. The zero-order valence-electron chi connectivity index (χ0n) is 10.7. The van der Waals surface area contributed by atoms with Crippen LogP contribution in [0.2, 0.25) is 0 Å². The number of benzene rings is 1. The number of nitrogens with zero attached hydrogens (tertiary/aromatic N) is 3. The maximum atomic E-state index is 13.7. The van der Waals surface area contributed by atoms with Gasteiger partial charge in [0.05, 0.1) is 5.56 Å². The fourth-order valence-corrected chi connectivity index (χ4v) is 2.36. The van der Waals surface area contributed by atoms with Gasteiger partial charge in [0.15, 0.2) is 0 Å². The predicted molar refractivity (Wildman–Crippen MR) is 70.4 cm³/mol. The van der Waals surface area contributed by atoms with Crippen LogP contribution in [0, 0.1) is 5.82 Å². The Morgan fingerprint density at radius 1 is 1.05 bits per heavy atom. The van der Waals surface area contributed by atoms with Crippen LogP contribution in [0.4, 0.5) is 10.4 Å². The van der Waals surface area contributed by atoms with E-state index < -0.39 is 0 Å². The van der Waals surface area contributed by atoms with Gasteiger partial charge in [0.1, 0.15) is 5.82 Å². The summed E-state index contributed by atoms with van der Waals surface area (Å²) in [5.41, 5.74) is 0.382. The third-order valence-electron chi connectivity index (χ3n) is 3.41. The normalized spacial score (nSPS) is 16.4. The molecule has 1 aliphatic heterocycles. The highest BCUT2D eigenvalue weighted by Gasteiger charge is 2.18. The lowest BCUT2D eigenvalue weighted by Crippen LogP contribution is -2.24. The molecule has 0 N–H and O–H groups in total. The van der Waals surface area contributed by atoms with Crippen LogP contribution in [0.25, 0.3) is 11.4 Å². The van der Waals surface area contributed by atoms with E-state index in [4.69, 9.17) is 4.52 Å². The topological polar surface area (TPSA) is 42.2 Å². The SMILES string of the molecule is Fc1ccccc1-c1noc(N2CCCCCC2)n1. The lowest BCUT2D eigenvalue weighted by atomic mass is 10.2. The first kappa shape index (κ1) is 12.1. The molecule has 4 nitrogen and oxygen atoms in total. The molecular weight excluding hydrogens is 245 g/mol. The molecule has 0 aliphatic carbocycles. The average molecular weight is 261 g/mol. The second kappa shape index (κ2) is 5.38. The standard InChI is InChI=1S/C14H16FN3O/c15-12-8-4-3-7-11(12)13-16-14(19-17-13)18-9-5-1-2-6-10-18/h3-4,7-8H,1-2,5-6,9-10H2. The number of hydrogen-bond acceptors (Lipinski definition) is 4. The molecule has 0 unspecified atom stereocenters. The molecule has 1 fully saturated rings. The van der Waals surface area contributed by atoms with Crippen LogP contribution >= 0.6 is 0 Å². The van der Waals surface area contributed by atoms with Gasteiger partial charge in [0.2, 0.25) is 5.82 Å². The summed E-state index contributed by atoms with van der Waals surface area (Å²) in [5.74, 6) is -0.0111. The van der Waals surface area contributed by atoms with Crippen molar-refractivity contribution < 1.29 is 8.91 Å². The fourth-order valence-electron chi connectivity index (χ4n) is 2.36. The highest BCUT2D eigenvalue weighted by molar-refractivity contribution is 5.56. The molecule has 1 aromatic heterocycles. The first-order valence-electron chi connectivity index (χ1n) is 6.68. The molecule has 0 atom stereocenters. The van der Waals surface area contributed by atoms with Crippen LogP contribution in [0.5, 0.6) is 0 Å². The van der Waals surface area contributed by atoms with Crippen molar-refractivity contribution in [1.29, 1.82) is 0 Å². The number of aromatic nitrogens is 2. The smallest absolute Gasteiger partial charge is 0.324 e. The molecule has 19 heavy (non-hydrogen) atoms. The fraction of sp³-hybridized carbons (Fsp3) is 0.429. The van der Waals surface area contributed by atoms with Crippen molar-refractivity contribution >= 4 is 6.01 Å². The zero-order valence-corrected chi connectivity index (χ0v) is 10.7. The maximum Gasteiger partial charge on any atom is 0.324 e. The van der Waals surface area contributed by atoms with Gasteiger partial charge in [-0.25, -0.2) is 4.39 Å². The number of halogens is 1. The minimum absolute atomic E-state index is 0.317. The van der Waals surface area contributed by atoms with E-state index in [1.165, 1.54) is 18.9 Å². The van der Waals surface area contributed by atoms with Crippen molar-refractivity contribution in [1.82, 2.24) is 10.1 Å². The van der Waals surface area contributed by atoms with Gasteiger partial charge in [-0.2, -0.15) is 4.98 Å². The summed E-state index contributed by atoms with van der Waals surface area (Å²) in [6.45, 7) is 1.86. The van der Waals surface area contributed by atoms with Crippen molar-refractivity contribution in [3.05, 3.63) is 30.1 Å². The Morgan fingerprint density at radius 3 is 2.53 bits per heavy atom. The summed E-state index contributed by atoms with van der Waals surface area (Å²) in [6, 6.07) is 6.97. The van der Waals surface area contributed by atoms with E-state index >= 15 is 0 Å². The first-order valence-corrected chi connectivity index (χ1v) is 6.68. The summed E-state index contributed by atoms with van der Waals surface area (Å²) < 4.78 is 18.9. The van der Waals surface area contributed by atoms with Crippen LogP contribution in [0.15, 0.2) is 28.8 Å². The van der Waals surface area contributed by atoms with Gasteiger partial charge in [0, 0.05) is 13.1 Å². The molecule has 1 saturated heterocycles. The minimum atomic E-state index is -0.328. The quantitative estimate of drug-likeness (QED) is 0.832. The van der Waals surface area contributed by atoms with E-state index in [-0.39, 0.29) is 5.82 Å². The molecule has 0 bridgehead atoms. The summed E-state index contributed by atoms with van der Waals surface area (Å²) >= 11 is 0. The molecule has 0 amide bonds. The molecule has 2 aromatic rings. The monoisotopic (exact) mass is 261 g/mol. The number of anilines is 1. The Balaban J connectivity index is 1.85. The highest BCUT2D eigenvalue weighted by atomic mass is 19.1. The summed E-state index contributed by atoms with van der Waals surface area (Å²) in [6.07, 6.45) is 4.75. The van der Waals surface area contributed by atoms with Crippen molar-refractivity contribution in [3.8, 4) is 11.4 Å². The largest absolute Gasteiger partial charge is 0.324 e. The van der Waals surface area contributed by atoms with Gasteiger partial charge in [-0.3, -0.25) is 0 Å². The van der Waals surface area contributed by atoms with Gasteiger partial charge in [-0.15, -0.1) is 0 Å². The third-order valence-corrected chi connectivity index (χ3v) is 3.41. The van der Waals surface area contributed by atoms with Crippen LogP contribution in [0.1, 0.15) is 25.7 Å². The molecule has 100 valence electrons. The Bertz CT molecular complexity index is 547. The number of hydrogen-bond donors (Lipinski definition) is 0. The highest BCUT2D eigenvalue weighted by Crippen LogP contribution is 2.23. The van der Waals surface area contributed by atoms with Gasteiger partial charge in [-0.05, 0) is 25.0 Å². The van der Waals surface area contributed by atoms with Gasteiger partial charge >= 0.3 is 6.01 Å². The van der Waals surface area contributed by atoms with E-state index in [9.17, 15) is 4.39 Å². The van der Waals surface area contributed by atoms with Crippen molar-refractivity contribution in [2.45, 2.75) is 25.7 Å². The molecule has 0 radical (unpaired) electrons. The van der Waals surface area contributed by atoms with Crippen molar-refractivity contribution in [2.75, 3.05) is 18.0 Å². The van der Waals surface area contributed by atoms with Crippen LogP contribution in [-0.2, 0) is 0 Å². The third kappa shape index (κ3) is 2.59. The van der Waals surface area contributed by atoms with Crippen LogP contribution in [-0.4, -0.2) is 23.2 Å².